The van der Waals surface area contributed by atoms with Crippen molar-refractivity contribution < 1.29 is 14.7 Å². The molecule has 2 aromatic rings. The minimum absolute atomic E-state index is 0.00566. The number of nitrogens with one attached hydrogen (secondary N) is 1. The van der Waals surface area contributed by atoms with Crippen molar-refractivity contribution in [3.63, 3.8) is 0 Å². The van der Waals surface area contributed by atoms with E-state index in [1.54, 1.807) is 11.5 Å². The molecule has 3 aliphatic heterocycles. The summed E-state index contributed by atoms with van der Waals surface area (Å²) in [7, 11) is 0. The van der Waals surface area contributed by atoms with Crippen LogP contribution in [0.25, 0.3) is 11.0 Å². The van der Waals surface area contributed by atoms with Crippen LogP contribution in [0.1, 0.15) is 52.5 Å². The standard InChI is InChI=1S/C27H40N6O4/c1-18(2)32-24-6-4-5-7-25(24)33(27(32)37)26(36)28-20-14-21-8-9-22(15-20)31(21)17-23(35)16-29-10-12-30(13-11-29)19(3)34/h4-7,18,20-23,35H,8-17H2,1-3H3,(H,28,36)/t20-,21-,22+,23?. The second kappa shape index (κ2) is 10.6. The first-order chi connectivity index (χ1) is 17.7. The van der Waals surface area contributed by atoms with Crippen molar-refractivity contribution in [1.82, 2.24) is 29.2 Å². The van der Waals surface area contributed by atoms with Gasteiger partial charge in [-0.25, -0.2) is 14.2 Å². The molecule has 3 saturated heterocycles. The maximum atomic E-state index is 13.3. The molecule has 1 unspecified atom stereocenters. The van der Waals surface area contributed by atoms with Crippen molar-refractivity contribution in [2.75, 3.05) is 39.3 Å². The molecule has 0 saturated carbocycles. The fraction of sp³-hybridized carbons (Fsp3) is 0.667. The number of aliphatic hydroxyl groups is 1. The molecule has 0 radical (unpaired) electrons. The Balaban J connectivity index is 1.19. The Hall–Kier alpha value is -2.69. The van der Waals surface area contributed by atoms with E-state index in [0.29, 0.717) is 30.7 Å². The number of carbonyl (C=O) groups excluding carboxylic acids is 2. The average Bonchev–Trinajstić information content (AvgIpc) is 3.27. The second-order valence-electron chi connectivity index (χ2n) is 11.2. The van der Waals surface area contributed by atoms with Crippen LogP contribution in [0.3, 0.4) is 0 Å². The zero-order valence-electron chi connectivity index (χ0n) is 22.2. The van der Waals surface area contributed by atoms with Crippen molar-refractivity contribution in [1.29, 1.82) is 0 Å². The number of carbonyl (C=O) groups is 2. The van der Waals surface area contributed by atoms with Crippen molar-refractivity contribution in [3.05, 3.63) is 34.7 Å². The number of piperidine rings is 1. The topological polar surface area (TPSA) is 103 Å². The number of piperazine rings is 1. The molecule has 1 aromatic heterocycles. The van der Waals surface area contributed by atoms with Crippen LogP contribution in [0.5, 0.6) is 0 Å². The Morgan fingerprint density at radius 2 is 1.62 bits per heavy atom. The zero-order valence-corrected chi connectivity index (χ0v) is 22.2. The molecule has 37 heavy (non-hydrogen) atoms. The lowest BCUT2D eigenvalue weighted by atomic mass is 9.97. The van der Waals surface area contributed by atoms with E-state index in [1.807, 2.05) is 43.0 Å². The van der Waals surface area contributed by atoms with Crippen molar-refractivity contribution in [2.45, 2.75) is 76.7 Å². The van der Waals surface area contributed by atoms with Gasteiger partial charge in [0.05, 0.1) is 17.1 Å². The van der Waals surface area contributed by atoms with Crippen LogP contribution in [0.2, 0.25) is 0 Å². The predicted octanol–water partition coefficient (Wildman–Crippen LogP) is 1.46. The summed E-state index contributed by atoms with van der Waals surface area (Å²) < 4.78 is 2.95. The molecule has 202 valence electrons. The highest BCUT2D eigenvalue weighted by Gasteiger charge is 2.42. The van der Waals surface area contributed by atoms with Crippen molar-refractivity contribution in [3.8, 4) is 0 Å². The summed E-state index contributed by atoms with van der Waals surface area (Å²) in [6.07, 6.45) is 3.33. The van der Waals surface area contributed by atoms with Crippen LogP contribution in [-0.2, 0) is 4.79 Å². The lowest BCUT2D eigenvalue weighted by Crippen LogP contribution is -2.55. The summed E-state index contributed by atoms with van der Waals surface area (Å²) in [5.41, 5.74) is 1.09. The molecule has 4 atom stereocenters. The van der Waals surface area contributed by atoms with E-state index in [9.17, 15) is 19.5 Å². The first-order valence-corrected chi connectivity index (χ1v) is 13.7. The second-order valence-corrected chi connectivity index (χ2v) is 11.2. The van der Waals surface area contributed by atoms with Gasteiger partial charge in [-0.05, 0) is 51.7 Å². The van der Waals surface area contributed by atoms with Gasteiger partial charge in [0.25, 0.3) is 0 Å². The van der Waals surface area contributed by atoms with Gasteiger partial charge in [-0.15, -0.1) is 0 Å². The molecular weight excluding hydrogens is 472 g/mol. The summed E-state index contributed by atoms with van der Waals surface area (Å²) >= 11 is 0. The van der Waals surface area contributed by atoms with E-state index in [1.165, 1.54) is 4.57 Å². The summed E-state index contributed by atoms with van der Waals surface area (Å²) in [4.78, 5) is 44.5. The van der Waals surface area contributed by atoms with Gasteiger partial charge in [0.15, 0.2) is 0 Å². The molecule has 1 aromatic carbocycles. The van der Waals surface area contributed by atoms with Gasteiger partial charge >= 0.3 is 11.7 Å². The van der Waals surface area contributed by atoms with Gasteiger partial charge in [0.2, 0.25) is 5.91 Å². The Labute approximate surface area is 217 Å². The Bertz CT molecular complexity index is 1180. The number of benzene rings is 1. The molecule has 5 rings (SSSR count). The third-order valence-electron chi connectivity index (χ3n) is 8.42. The highest BCUT2D eigenvalue weighted by atomic mass is 16.3. The predicted molar refractivity (Wildman–Crippen MR) is 142 cm³/mol. The fourth-order valence-corrected chi connectivity index (χ4v) is 6.64. The Morgan fingerprint density at radius 3 is 2.22 bits per heavy atom. The highest BCUT2D eigenvalue weighted by Crippen LogP contribution is 2.36. The van der Waals surface area contributed by atoms with E-state index >= 15 is 0 Å². The summed E-state index contributed by atoms with van der Waals surface area (Å²) in [6.45, 7) is 9.78. The maximum absolute atomic E-state index is 13.3. The average molecular weight is 513 g/mol. The van der Waals surface area contributed by atoms with Crippen LogP contribution in [0.4, 0.5) is 4.79 Å². The summed E-state index contributed by atoms with van der Waals surface area (Å²) in [5.74, 6) is 0.113. The molecule has 2 amide bonds. The minimum Gasteiger partial charge on any atom is -0.390 e. The molecular formula is C27H40N6O4. The number of aliphatic hydroxyl groups excluding tert-OH is 1. The molecule has 10 nitrogen and oxygen atoms in total. The Morgan fingerprint density at radius 1 is 1.00 bits per heavy atom. The van der Waals surface area contributed by atoms with Crippen LogP contribution >= 0.6 is 0 Å². The molecule has 3 fully saturated rings. The zero-order chi connectivity index (χ0) is 26.3. The van der Waals surface area contributed by atoms with E-state index < -0.39 is 6.10 Å². The highest BCUT2D eigenvalue weighted by molar-refractivity contribution is 5.89. The number of fused-ring (bicyclic) bond motifs is 3. The first kappa shape index (κ1) is 25.9. The number of rotatable bonds is 6. The lowest BCUT2D eigenvalue weighted by Gasteiger charge is -2.41. The molecule has 3 aliphatic rings. The smallest absolute Gasteiger partial charge is 0.337 e. The summed E-state index contributed by atoms with van der Waals surface area (Å²) in [5, 5.41) is 14.0. The number of nitrogens with zero attached hydrogens (tertiary/aromatic N) is 5. The van der Waals surface area contributed by atoms with Gasteiger partial charge in [-0.1, -0.05) is 12.1 Å². The minimum atomic E-state index is -0.446. The molecule has 2 N–H and O–H groups in total. The number of para-hydroxylation sites is 2. The van der Waals surface area contributed by atoms with Crippen LogP contribution in [0.15, 0.2) is 29.1 Å². The summed E-state index contributed by atoms with van der Waals surface area (Å²) in [6, 6.07) is 7.69. The van der Waals surface area contributed by atoms with E-state index in [4.69, 9.17) is 0 Å². The van der Waals surface area contributed by atoms with Crippen LogP contribution < -0.4 is 11.0 Å². The maximum Gasteiger partial charge on any atom is 0.337 e. The van der Waals surface area contributed by atoms with E-state index in [-0.39, 0.29) is 29.7 Å². The third kappa shape index (κ3) is 5.19. The Kier molecular flexibility index (Phi) is 7.42. The molecule has 10 heteroatoms. The number of hydrogen-bond acceptors (Lipinski definition) is 6. The van der Waals surface area contributed by atoms with Gasteiger partial charge in [0.1, 0.15) is 0 Å². The number of hydrogen-bond donors (Lipinski definition) is 2. The number of amides is 2. The quantitative estimate of drug-likeness (QED) is 0.608. The number of imidazole rings is 1. The molecule has 2 bridgehead atoms. The monoisotopic (exact) mass is 512 g/mol. The van der Waals surface area contributed by atoms with Crippen molar-refractivity contribution in [2.24, 2.45) is 0 Å². The third-order valence-corrected chi connectivity index (χ3v) is 8.42. The van der Waals surface area contributed by atoms with Crippen molar-refractivity contribution >= 4 is 23.0 Å². The SMILES string of the molecule is CC(=O)N1CCN(CC(O)CN2[C@@H]3CC[C@H]2C[C@H](NC(=O)n2c(=O)n(C(C)C)c4ccccc42)C3)CC1. The molecule has 4 heterocycles. The molecule has 0 spiro atoms. The number of β-amino-alcohol motifs (C(OH)–C–C–N with tert-alkyl or cyclic N) is 1. The molecule has 0 aliphatic carbocycles. The largest absolute Gasteiger partial charge is 0.390 e. The van der Waals surface area contributed by atoms with Gasteiger partial charge in [0, 0.05) is 70.4 Å². The van der Waals surface area contributed by atoms with E-state index in [0.717, 1.165) is 57.4 Å². The normalized spacial score (nSPS) is 25.6. The van der Waals surface area contributed by atoms with Gasteiger partial charge in [-0.2, -0.15) is 0 Å². The van der Waals surface area contributed by atoms with Gasteiger partial charge < -0.3 is 15.3 Å². The number of aromatic nitrogens is 2. The fourth-order valence-electron chi connectivity index (χ4n) is 6.64. The van der Waals surface area contributed by atoms with Crippen LogP contribution in [-0.4, -0.2) is 104 Å². The first-order valence-electron chi connectivity index (χ1n) is 13.7. The van der Waals surface area contributed by atoms with Gasteiger partial charge in [-0.3, -0.25) is 19.2 Å². The lowest BCUT2D eigenvalue weighted by molar-refractivity contribution is -0.130. The van der Waals surface area contributed by atoms with E-state index in [2.05, 4.69) is 15.1 Å². The van der Waals surface area contributed by atoms with Crippen LogP contribution in [0, 0.1) is 0 Å².